The van der Waals surface area contributed by atoms with Crippen molar-refractivity contribution in [2.45, 2.75) is 32.9 Å². The first-order chi connectivity index (χ1) is 10.1. The third-order valence-corrected chi connectivity index (χ3v) is 3.16. The van der Waals surface area contributed by atoms with Crippen LogP contribution in [-0.2, 0) is 0 Å². The number of nitrogens with two attached hydrogens (primary N) is 1. The number of hydrogen-bond donors (Lipinski definition) is 1. The van der Waals surface area contributed by atoms with E-state index in [2.05, 4.69) is 0 Å². The Balaban J connectivity index is 2.09. The summed E-state index contributed by atoms with van der Waals surface area (Å²) in [6.45, 7) is 6.67. The second-order valence-electron chi connectivity index (χ2n) is 5.22. The van der Waals surface area contributed by atoms with Gasteiger partial charge in [0.05, 0.1) is 18.8 Å². The Morgan fingerprint density at radius 1 is 0.857 bits per heavy atom. The van der Waals surface area contributed by atoms with Gasteiger partial charge in [-0.2, -0.15) is 0 Å². The number of ether oxygens (including phenoxy) is 2. The van der Waals surface area contributed by atoms with E-state index in [1.807, 2.05) is 69.3 Å². The van der Waals surface area contributed by atoms with Crippen molar-refractivity contribution in [1.82, 2.24) is 0 Å². The Bertz CT molecular complexity index is 546. The van der Waals surface area contributed by atoms with Crippen LogP contribution in [-0.4, -0.2) is 12.7 Å². The van der Waals surface area contributed by atoms with Crippen molar-refractivity contribution in [3.63, 3.8) is 0 Å². The van der Waals surface area contributed by atoms with Crippen LogP contribution in [0, 0.1) is 0 Å². The van der Waals surface area contributed by atoms with Gasteiger partial charge in [0.15, 0.2) is 0 Å². The van der Waals surface area contributed by atoms with Crippen molar-refractivity contribution in [1.29, 1.82) is 0 Å². The number of benzene rings is 2. The van der Waals surface area contributed by atoms with E-state index in [-0.39, 0.29) is 12.1 Å². The number of hydrogen-bond acceptors (Lipinski definition) is 3. The van der Waals surface area contributed by atoms with Gasteiger partial charge in [0.25, 0.3) is 0 Å². The van der Waals surface area contributed by atoms with Gasteiger partial charge < -0.3 is 15.2 Å². The Morgan fingerprint density at radius 3 is 1.76 bits per heavy atom. The summed E-state index contributed by atoms with van der Waals surface area (Å²) < 4.78 is 11.1. The minimum Gasteiger partial charge on any atom is -0.494 e. The second kappa shape index (κ2) is 7.14. The van der Waals surface area contributed by atoms with Gasteiger partial charge in [0.2, 0.25) is 0 Å². The summed E-state index contributed by atoms with van der Waals surface area (Å²) in [7, 11) is 0. The Hall–Kier alpha value is -2.00. The third kappa shape index (κ3) is 4.23. The molecule has 3 heteroatoms. The fraction of sp³-hybridized carbons (Fsp3) is 0.333. The van der Waals surface area contributed by atoms with Crippen LogP contribution in [0.5, 0.6) is 11.5 Å². The molecule has 2 N–H and O–H groups in total. The van der Waals surface area contributed by atoms with E-state index >= 15 is 0 Å². The SMILES string of the molecule is CCOc1ccc(C(N)c2ccc(OC(C)C)cc2)cc1. The van der Waals surface area contributed by atoms with Crippen LogP contribution in [0.3, 0.4) is 0 Å². The molecular formula is C18H23NO2. The lowest BCUT2D eigenvalue weighted by atomic mass is 9.99. The van der Waals surface area contributed by atoms with E-state index < -0.39 is 0 Å². The van der Waals surface area contributed by atoms with Gasteiger partial charge in [-0.25, -0.2) is 0 Å². The zero-order chi connectivity index (χ0) is 15.2. The smallest absolute Gasteiger partial charge is 0.119 e. The molecule has 112 valence electrons. The maximum absolute atomic E-state index is 6.31. The van der Waals surface area contributed by atoms with Crippen LogP contribution in [0.25, 0.3) is 0 Å². The lowest BCUT2D eigenvalue weighted by Crippen LogP contribution is -2.12. The largest absolute Gasteiger partial charge is 0.494 e. The quantitative estimate of drug-likeness (QED) is 0.875. The Morgan fingerprint density at radius 2 is 1.33 bits per heavy atom. The molecule has 1 atom stereocenters. The third-order valence-electron chi connectivity index (χ3n) is 3.16. The highest BCUT2D eigenvalue weighted by molar-refractivity contribution is 5.37. The Labute approximate surface area is 126 Å². The van der Waals surface area contributed by atoms with Crippen LogP contribution in [0.4, 0.5) is 0 Å². The molecule has 0 bridgehead atoms. The maximum atomic E-state index is 6.31. The fourth-order valence-corrected chi connectivity index (χ4v) is 2.16. The summed E-state index contributed by atoms with van der Waals surface area (Å²) in [5.74, 6) is 1.74. The molecule has 0 radical (unpaired) electrons. The minimum atomic E-state index is -0.145. The fourth-order valence-electron chi connectivity index (χ4n) is 2.16. The molecule has 0 fully saturated rings. The summed E-state index contributed by atoms with van der Waals surface area (Å²) in [4.78, 5) is 0. The Kier molecular flexibility index (Phi) is 5.23. The van der Waals surface area contributed by atoms with E-state index in [0.717, 1.165) is 22.6 Å². The van der Waals surface area contributed by atoms with Gasteiger partial charge in [-0.1, -0.05) is 24.3 Å². The van der Waals surface area contributed by atoms with Crippen LogP contribution >= 0.6 is 0 Å². The zero-order valence-electron chi connectivity index (χ0n) is 12.9. The van der Waals surface area contributed by atoms with Crippen molar-refractivity contribution in [2.75, 3.05) is 6.61 Å². The van der Waals surface area contributed by atoms with Crippen molar-refractivity contribution in [3.05, 3.63) is 59.7 Å². The molecule has 2 rings (SSSR count). The lowest BCUT2D eigenvalue weighted by Gasteiger charge is -2.15. The molecule has 2 aromatic rings. The molecule has 0 aliphatic carbocycles. The molecule has 0 heterocycles. The lowest BCUT2D eigenvalue weighted by molar-refractivity contribution is 0.242. The summed E-state index contributed by atoms with van der Waals surface area (Å²) >= 11 is 0. The summed E-state index contributed by atoms with van der Waals surface area (Å²) in [6, 6.07) is 15.7. The van der Waals surface area contributed by atoms with Crippen LogP contribution in [0.15, 0.2) is 48.5 Å². The molecule has 0 saturated heterocycles. The van der Waals surface area contributed by atoms with E-state index in [0.29, 0.717) is 6.61 Å². The first-order valence-electron chi connectivity index (χ1n) is 7.35. The van der Waals surface area contributed by atoms with Gasteiger partial charge in [-0.05, 0) is 56.2 Å². The molecule has 0 aliphatic heterocycles. The monoisotopic (exact) mass is 285 g/mol. The van der Waals surface area contributed by atoms with Crippen LogP contribution < -0.4 is 15.2 Å². The molecule has 21 heavy (non-hydrogen) atoms. The summed E-state index contributed by atoms with van der Waals surface area (Å²) in [5.41, 5.74) is 8.44. The van der Waals surface area contributed by atoms with Crippen LogP contribution in [0.1, 0.15) is 37.9 Å². The van der Waals surface area contributed by atoms with E-state index in [1.54, 1.807) is 0 Å². The average molecular weight is 285 g/mol. The predicted molar refractivity (Wildman–Crippen MR) is 85.8 cm³/mol. The molecule has 0 aromatic heterocycles. The molecule has 0 amide bonds. The second-order valence-corrected chi connectivity index (χ2v) is 5.22. The normalized spacial score (nSPS) is 12.2. The molecule has 1 unspecified atom stereocenters. The van der Waals surface area contributed by atoms with Gasteiger partial charge in [-0.3, -0.25) is 0 Å². The molecule has 0 aliphatic rings. The van der Waals surface area contributed by atoms with E-state index in [1.165, 1.54) is 0 Å². The highest BCUT2D eigenvalue weighted by Crippen LogP contribution is 2.24. The molecule has 0 saturated carbocycles. The molecule has 2 aromatic carbocycles. The van der Waals surface area contributed by atoms with Gasteiger partial charge in [0, 0.05) is 0 Å². The minimum absolute atomic E-state index is 0.145. The van der Waals surface area contributed by atoms with E-state index in [9.17, 15) is 0 Å². The molecule has 3 nitrogen and oxygen atoms in total. The zero-order valence-corrected chi connectivity index (χ0v) is 12.9. The summed E-state index contributed by atoms with van der Waals surface area (Å²) in [6.07, 6.45) is 0.177. The maximum Gasteiger partial charge on any atom is 0.119 e. The number of rotatable bonds is 6. The van der Waals surface area contributed by atoms with Gasteiger partial charge in [-0.15, -0.1) is 0 Å². The highest BCUT2D eigenvalue weighted by atomic mass is 16.5. The first kappa shape index (κ1) is 15.4. The topological polar surface area (TPSA) is 44.5 Å². The van der Waals surface area contributed by atoms with E-state index in [4.69, 9.17) is 15.2 Å². The first-order valence-corrected chi connectivity index (χ1v) is 7.35. The molecule has 0 spiro atoms. The van der Waals surface area contributed by atoms with Crippen molar-refractivity contribution in [3.8, 4) is 11.5 Å². The van der Waals surface area contributed by atoms with Crippen LogP contribution in [0.2, 0.25) is 0 Å². The van der Waals surface area contributed by atoms with Crippen molar-refractivity contribution >= 4 is 0 Å². The van der Waals surface area contributed by atoms with Crippen molar-refractivity contribution in [2.24, 2.45) is 5.73 Å². The van der Waals surface area contributed by atoms with Gasteiger partial charge >= 0.3 is 0 Å². The predicted octanol–water partition coefficient (Wildman–Crippen LogP) is 3.92. The standard InChI is InChI=1S/C18H23NO2/c1-4-20-16-9-5-14(6-10-16)18(19)15-7-11-17(12-8-15)21-13(2)3/h5-13,18H,4,19H2,1-3H3. The van der Waals surface area contributed by atoms with Gasteiger partial charge in [0.1, 0.15) is 11.5 Å². The molecular weight excluding hydrogens is 262 g/mol. The average Bonchev–Trinajstić information content (AvgIpc) is 2.48. The highest BCUT2D eigenvalue weighted by Gasteiger charge is 2.09. The van der Waals surface area contributed by atoms with Crippen molar-refractivity contribution < 1.29 is 9.47 Å². The summed E-state index contributed by atoms with van der Waals surface area (Å²) in [5, 5.41) is 0.